The molecule has 1 nitrogen and oxygen atoms in total. The highest BCUT2D eigenvalue weighted by atomic mass is 19.1. The summed E-state index contributed by atoms with van der Waals surface area (Å²) in [4.78, 5) is 0. The monoisotopic (exact) mass is 77.0 g/mol. The molecule has 0 aliphatic rings. The normalized spacial score (nSPS) is 15.0. The Morgan fingerprint density at radius 1 is 2.00 bits per heavy atom. The molecule has 0 aliphatic carbocycles. The van der Waals surface area contributed by atoms with Crippen molar-refractivity contribution >= 4 is 0 Å². The quantitative estimate of drug-likeness (QED) is 0.483. The van der Waals surface area contributed by atoms with Crippen LogP contribution < -0.4 is 0 Å². The second-order valence-corrected chi connectivity index (χ2v) is 0.706. The molecule has 0 aliphatic heterocycles. The molecule has 5 heavy (non-hydrogen) atoms. The molecule has 0 spiro atoms. The van der Waals surface area contributed by atoms with Gasteiger partial charge in [0.05, 0.1) is 0 Å². The van der Waals surface area contributed by atoms with Gasteiger partial charge in [0.15, 0.2) is 6.36 Å². The minimum absolute atomic E-state index is 1.06. The van der Waals surface area contributed by atoms with Gasteiger partial charge < -0.3 is 5.11 Å². The van der Waals surface area contributed by atoms with Crippen LogP contribution >= 0.6 is 0 Å². The average Bonchev–Trinajstić information content (AvgIpc) is 1.38. The van der Waals surface area contributed by atoms with E-state index in [0.717, 1.165) is 6.42 Å². The molecule has 0 rings (SSSR count). The van der Waals surface area contributed by atoms with E-state index >= 15 is 0 Å². The van der Waals surface area contributed by atoms with Crippen LogP contribution in [-0.4, -0.2) is 11.5 Å². The summed E-state index contributed by atoms with van der Waals surface area (Å²) in [5.74, 6) is 0. The fraction of sp³-hybridized carbons (Fsp3) is 0.667. The van der Waals surface area contributed by atoms with Crippen LogP contribution in [0.25, 0.3) is 0 Å². The molecule has 0 saturated carbocycles. The zero-order valence-corrected chi connectivity index (χ0v) is 2.98. The number of rotatable bonds is 1. The first-order valence-corrected chi connectivity index (χ1v) is 1.39. The largest absolute Gasteiger partial charge is 0.364 e. The molecular weight excluding hydrogens is 71.0 g/mol. The number of hydrogen-bond donors (Lipinski definition) is 1. The van der Waals surface area contributed by atoms with Gasteiger partial charge in [-0.15, -0.1) is 0 Å². The second-order valence-electron chi connectivity index (χ2n) is 0.706. The smallest absolute Gasteiger partial charge is 0.199 e. The minimum Gasteiger partial charge on any atom is -0.364 e. The fourth-order valence-corrected chi connectivity index (χ4v) is 0. The van der Waals surface area contributed by atoms with Crippen LogP contribution in [0.1, 0.15) is 6.92 Å². The Morgan fingerprint density at radius 3 is 2.20 bits per heavy atom. The summed E-state index contributed by atoms with van der Waals surface area (Å²) in [6.07, 6.45) is -0.685. The average molecular weight is 77.1 g/mol. The van der Waals surface area contributed by atoms with Gasteiger partial charge in [0.25, 0.3) is 0 Å². The molecule has 1 N–H and O–H groups in total. The first-order chi connectivity index (χ1) is 2.27. The van der Waals surface area contributed by atoms with Crippen LogP contribution in [0, 0.1) is 6.42 Å². The molecule has 0 saturated heterocycles. The van der Waals surface area contributed by atoms with E-state index in [1.807, 2.05) is 0 Å². The first-order valence-electron chi connectivity index (χ1n) is 1.39. The Balaban J connectivity index is 2.54. The van der Waals surface area contributed by atoms with Gasteiger partial charge in [-0.2, -0.15) is 0 Å². The lowest BCUT2D eigenvalue weighted by molar-refractivity contribution is 0.0733. The van der Waals surface area contributed by atoms with E-state index < -0.39 is 6.36 Å². The maximum Gasteiger partial charge on any atom is 0.199 e. The van der Waals surface area contributed by atoms with E-state index in [1.165, 1.54) is 6.92 Å². The number of alkyl halides is 1. The predicted molar refractivity (Wildman–Crippen MR) is 17.1 cm³/mol. The van der Waals surface area contributed by atoms with Gasteiger partial charge in [-0.25, -0.2) is 4.39 Å². The minimum atomic E-state index is -1.74. The van der Waals surface area contributed by atoms with Crippen LogP contribution in [0.15, 0.2) is 0 Å². The van der Waals surface area contributed by atoms with Crippen LogP contribution in [-0.2, 0) is 0 Å². The Labute approximate surface area is 30.4 Å². The molecule has 2 heteroatoms. The van der Waals surface area contributed by atoms with Crippen LogP contribution in [0.5, 0.6) is 0 Å². The third-order valence-electron chi connectivity index (χ3n) is 0.275. The van der Waals surface area contributed by atoms with Gasteiger partial charge in [-0.3, -0.25) is 0 Å². The lowest BCUT2D eigenvalue weighted by atomic mass is 10.5. The molecule has 0 aromatic heterocycles. The molecule has 0 fully saturated rings. The van der Waals surface area contributed by atoms with Crippen molar-refractivity contribution in [2.24, 2.45) is 0 Å². The number of halogens is 1. The van der Waals surface area contributed by atoms with Crippen molar-refractivity contribution in [3.05, 3.63) is 6.42 Å². The van der Waals surface area contributed by atoms with E-state index in [9.17, 15) is 4.39 Å². The van der Waals surface area contributed by atoms with Gasteiger partial charge >= 0.3 is 0 Å². The summed E-state index contributed by atoms with van der Waals surface area (Å²) in [5, 5.41) is 7.64. The lowest BCUT2D eigenvalue weighted by Gasteiger charge is -1.85. The summed E-state index contributed by atoms with van der Waals surface area (Å²) in [6.45, 7) is 1.45. The van der Waals surface area contributed by atoms with Crippen molar-refractivity contribution in [1.29, 1.82) is 0 Å². The van der Waals surface area contributed by atoms with Gasteiger partial charge in [-0.05, 0) is 0 Å². The van der Waals surface area contributed by atoms with Crippen LogP contribution in [0.4, 0.5) is 4.39 Å². The van der Waals surface area contributed by atoms with E-state index in [-0.39, 0.29) is 0 Å². The van der Waals surface area contributed by atoms with Crippen molar-refractivity contribution in [3.8, 4) is 0 Å². The van der Waals surface area contributed by atoms with E-state index in [4.69, 9.17) is 5.11 Å². The number of aliphatic hydroxyl groups is 1. The zero-order chi connectivity index (χ0) is 4.28. The Hall–Kier alpha value is -0.110. The molecule has 1 atom stereocenters. The molecule has 31 valence electrons. The second kappa shape index (κ2) is 2.15. The highest BCUT2D eigenvalue weighted by Gasteiger charge is 1.87. The van der Waals surface area contributed by atoms with E-state index in [1.54, 1.807) is 0 Å². The number of hydrogen-bond acceptors (Lipinski definition) is 1. The van der Waals surface area contributed by atoms with Crippen LogP contribution in [0.2, 0.25) is 0 Å². The zero-order valence-electron chi connectivity index (χ0n) is 2.98. The van der Waals surface area contributed by atoms with Crippen LogP contribution in [0.3, 0.4) is 0 Å². The van der Waals surface area contributed by atoms with Crippen molar-refractivity contribution in [1.82, 2.24) is 0 Å². The first kappa shape index (κ1) is 4.89. The third-order valence-corrected chi connectivity index (χ3v) is 0.275. The van der Waals surface area contributed by atoms with Crippen molar-refractivity contribution in [2.45, 2.75) is 13.3 Å². The summed E-state index contributed by atoms with van der Waals surface area (Å²) in [5.41, 5.74) is 0. The highest BCUT2D eigenvalue weighted by Crippen LogP contribution is 1.84. The Bertz CT molecular complexity index is 20.9. The molecule has 0 aromatic carbocycles. The maximum absolute atomic E-state index is 10.9. The molecule has 0 heterocycles. The van der Waals surface area contributed by atoms with E-state index in [2.05, 4.69) is 0 Å². The van der Waals surface area contributed by atoms with Crippen molar-refractivity contribution in [2.75, 3.05) is 0 Å². The standard InChI is InChI=1S/C3H6FO/c1-2-3(4)5/h2-3,5H,1H3. The summed E-state index contributed by atoms with van der Waals surface area (Å²) in [7, 11) is 0. The van der Waals surface area contributed by atoms with E-state index in [0.29, 0.717) is 0 Å². The topological polar surface area (TPSA) is 20.2 Å². The SMILES string of the molecule is C[CH]C(O)F. The molecule has 1 unspecified atom stereocenters. The molecule has 1 radical (unpaired) electrons. The summed E-state index contributed by atoms with van der Waals surface area (Å²) in [6, 6.07) is 0. The number of aliphatic hydroxyl groups excluding tert-OH is 1. The van der Waals surface area contributed by atoms with Gasteiger partial charge in [-0.1, -0.05) is 6.92 Å². The predicted octanol–water partition coefficient (Wildman–Crippen LogP) is 0.498. The molecule has 0 amide bonds. The maximum atomic E-state index is 10.9. The van der Waals surface area contributed by atoms with Crippen molar-refractivity contribution in [3.63, 3.8) is 0 Å². The fourth-order valence-electron chi connectivity index (χ4n) is 0. The summed E-state index contributed by atoms with van der Waals surface area (Å²) >= 11 is 0. The molecule has 0 aromatic rings. The lowest BCUT2D eigenvalue weighted by Crippen LogP contribution is -1.91. The third kappa shape index (κ3) is 3.89. The van der Waals surface area contributed by atoms with Gasteiger partial charge in [0, 0.05) is 6.42 Å². The highest BCUT2D eigenvalue weighted by molar-refractivity contribution is 4.54. The van der Waals surface area contributed by atoms with Crippen molar-refractivity contribution < 1.29 is 9.50 Å². The molecule has 0 bridgehead atoms. The Kier molecular flexibility index (Phi) is 2.10. The summed E-state index contributed by atoms with van der Waals surface area (Å²) < 4.78 is 10.9. The van der Waals surface area contributed by atoms with Gasteiger partial charge in [0.2, 0.25) is 0 Å². The van der Waals surface area contributed by atoms with Gasteiger partial charge in [0.1, 0.15) is 0 Å². The molecular formula is C3H6FO. The Morgan fingerprint density at radius 2 is 2.20 bits per heavy atom.